The fourth-order valence-electron chi connectivity index (χ4n) is 1.06. The topological polar surface area (TPSA) is 83.6 Å². The van der Waals surface area contributed by atoms with E-state index in [-0.39, 0.29) is 11.3 Å². The standard InChI is InChI=1S/C9H10INO3/c1-9(11,8(13)14)6-3-2-5(10)4-7(6)12/h2-4,12H,11H2,1H3,(H,13,14)/t9-/m0/s1. The van der Waals surface area contributed by atoms with Crippen LogP contribution in [0.5, 0.6) is 5.75 Å². The summed E-state index contributed by atoms with van der Waals surface area (Å²) < 4.78 is 0.824. The van der Waals surface area contributed by atoms with Crippen molar-refractivity contribution in [2.24, 2.45) is 5.73 Å². The average molecular weight is 307 g/mol. The average Bonchev–Trinajstić information content (AvgIpc) is 2.02. The highest BCUT2D eigenvalue weighted by atomic mass is 127. The highest BCUT2D eigenvalue weighted by Crippen LogP contribution is 2.28. The van der Waals surface area contributed by atoms with Gasteiger partial charge >= 0.3 is 5.97 Å². The maximum atomic E-state index is 10.8. The summed E-state index contributed by atoms with van der Waals surface area (Å²) in [7, 11) is 0. The Kier molecular flexibility index (Phi) is 3.01. The van der Waals surface area contributed by atoms with Crippen LogP contribution in [0.4, 0.5) is 0 Å². The Balaban J connectivity index is 3.26. The monoisotopic (exact) mass is 307 g/mol. The van der Waals surface area contributed by atoms with Crippen molar-refractivity contribution in [3.05, 3.63) is 27.3 Å². The summed E-state index contributed by atoms with van der Waals surface area (Å²) in [4.78, 5) is 10.8. The fraction of sp³-hybridized carbons (Fsp3) is 0.222. The van der Waals surface area contributed by atoms with Gasteiger partial charge in [-0.15, -0.1) is 0 Å². The molecule has 1 aromatic carbocycles. The van der Waals surface area contributed by atoms with Crippen molar-refractivity contribution in [1.29, 1.82) is 0 Å². The summed E-state index contributed by atoms with van der Waals surface area (Å²) in [6, 6.07) is 4.69. The minimum absolute atomic E-state index is 0.0932. The molecule has 1 aromatic rings. The third-order valence-electron chi connectivity index (χ3n) is 1.96. The highest BCUT2D eigenvalue weighted by Gasteiger charge is 2.32. The van der Waals surface area contributed by atoms with E-state index in [4.69, 9.17) is 10.8 Å². The molecule has 0 unspecified atom stereocenters. The first-order valence-electron chi connectivity index (χ1n) is 3.87. The highest BCUT2D eigenvalue weighted by molar-refractivity contribution is 14.1. The third kappa shape index (κ3) is 1.98. The van der Waals surface area contributed by atoms with E-state index < -0.39 is 11.5 Å². The number of phenols is 1. The molecule has 0 heterocycles. The van der Waals surface area contributed by atoms with E-state index in [0.29, 0.717) is 0 Å². The molecule has 0 spiro atoms. The van der Waals surface area contributed by atoms with Crippen molar-refractivity contribution in [2.45, 2.75) is 12.5 Å². The van der Waals surface area contributed by atoms with Gasteiger partial charge in [0.05, 0.1) is 0 Å². The second-order valence-electron chi connectivity index (χ2n) is 3.17. The normalized spacial score (nSPS) is 14.8. The number of carboxylic acids is 1. The minimum atomic E-state index is -1.56. The lowest BCUT2D eigenvalue weighted by Gasteiger charge is -2.20. The first-order valence-corrected chi connectivity index (χ1v) is 4.95. The second kappa shape index (κ2) is 3.74. The summed E-state index contributed by atoms with van der Waals surface area (Å²) in [5, 5.41) is 18.4. The molecule has 0 aliphatic carbocycles. The number of hydrogen-bond acceptors (Lipinski definition) is 3. The number of phenolic OH excluding ortho intramolecular Hbond substituents is 1. The summed E-state index contributed by atoms with van der Waals surface area (Å²) in [6.45, 7) is 1.34. The van der Waals surface area contributed by atoms with Crippen molar-refractivity contribution < 1.29 is 15.0 Å². The van der Waals surface area contributed by atoms with Crippen molar-refractivity contribution in [3.8, 4) is 5.75 Å². The van der Waals surface area contributed by atoms with E-state index in [2.05, 4.69) is 0 Å². The number of halogens is 1. The van der Waals surface area contributed by atoms with Crippen LogP contribution in [0.25, 0.3) is 0 Å². The molecule has 1 rings (SSSR count). The van der Waals surface area contributed by atoms with E-state index in [9.17, 15) is 9.90 Å². The number of carbonyl (C=O) groups is 1. The molecule has 0 aromatic heterocycles. The summed E-state index contributed by atoms with van der Waals surface area (Å²) in [5.74, 6) is -1.27. The molecule has 0 saturated carbocycles. The zero-order valence-electron chi connectivity index (χ0n) is 7.49. The predicted molar refractivity (Wildman–Crippen MR) is 60.0 cm³/mol. The Bertz CT molecular complexity index is 376. The van der Waals surface area contributed by atoms with Gasteiger partial charge in [0, 0.05) is 9.13 Å². The van der Waals surface area contributed by atoms with Gasteiger partial charge < -0.3 is 15.9 Å². The van der Waals surface area contributed by atoms with Gasteiger partial charge in [-0.3, -0.25) is 0 Å². The van der Waals surface area contributed by atoms with Crippen LogP contribution in [0.1, 0.15) is 12.5 Å². The first kappa shape index (κ1) is 11.3. The van der Waals surface area contributed by atoms with Crippen LogP contribution in [0.15, 0.2) is 18.2 Å². The number of hydrogen-bond donors (Lipinski definition) is 3. The lowest BCUT2D eigenvalue weighted by Crippen LogP contribution is -2.41. The number of aromatic hydroxyl groups is 1. The number of nitrogens with two attached hydrogens (primary N) is 1. The zero-order chi connectivity index (χ0) is 10.9. The molecule has 76 valence electrons. The summed E-state index contributed by atoms with van der Waals surface area (Å²) in [6.07, 6.45) is 0. The maximum absolute atomic E-state index is 10.8. The van der Waals surface area contributed by atoms with Gasteiger partial charge in [-0.25, -0.2) is 4.79 Å². The molecule has 0 aliphatic rings. The minimum Gasteiger partial charge on any atom is -0.508 e. The molecular formula is C9H10INO3. The van der Waals surface area contributed by atoms with Gasteiger partial charge in [-0.2, -0.15) is 0 Å². The van der Waals surface area contributed by atoms with E-state index in [1.165, 1.54) is 19.1 Å². The SMILES string of the molecule is C[C@@](N)(C(=O)O)c1ccc(I)cc1O. The van der Waals surface area contributed by atoms with Crippen molar-refractivity contribution in [2.75, 3.05) is 0 Å². The van der Waals surface area contributed by atoms with E-state index >= 15 is 0 Å². The van der Waals surface area contributed by atoms with Crippen LogP contribution in [0.2, 0.25) is 0 Å². The van der Waals surface area contributed by atoms with Gasteiger partial charge in [0.25, 0.3) is 0 Å². The molecule has 4 nitrogen and oxygen atoms in total. The molecule has 4 N–H and O–H groups in total. The van der Waals surface area contributed by atoms with E-state index in [0.717, 1.165) is 3.57 Å². The van der Waals surface area contributed by atoms with Crippen LogP contribution in [0, 0.1) is 3.57 Å². The molecule has 1 atom stereocenters. The van der Waals surface area contributed by atoms with Crippen LogP contribution in [-0.2, 0) is 10.3 Å². The van der Waals surface area contributed by atoms with Gasteiger partial charge in [-0.1, -0.05) is 6.07 Å². The Morgan fingerprint density at radius 1 is 1.57 bits per heavy atom. The van der Waals surface area contributed by atoms with Crippen molar-refractivity contribution in [1.82, 2.24) is 0 Å². The van der Waals surface area contributed by atoms with Gasteiger partial charge in [0.2, 0.25) is 0 Å². The molecular weight excluding hydrogens is 297 g/mol. The molecule has 0 amide bonds. The molecule has 0 aliphatic heterocycles. The van der Waals surface area contributed by atoms with Crippen LogP contribution in [-0.4, -0.2) is 16.2 Å². The predicted octanol–water partition coefficient (Wildman–Crippen LogP) is 1.26. The lowest BCUT2D eigenvalue weighted by atomic mass is 9.93. The van der Waals surface area contributed by atoms with Crippen molar-refractivity contribution in [3.63, 3.8) is 0 Å². The van der Waals surface area contributed by atoms with Crippen molar-refractivity contribution >= 4 is 28.6 Å². The number of aliphatic carboxylic acids is 1. The van der Waals surface area contributed by atoms with Gasteiger partial charge in [-0.05, 0) is 41.6 Å². The summed E-state index contributed by atoms with van der Waals surface area (Å²) >= 11 is 2.02. The number of benzene rings is 1. The van der Waals surface area contributed by atoms with Gasteiger partial charge in [0.1, 0.15) is 11.3 Å². The van der Waals surface area contributed by atoms with Gasteiger partial charge in [0.15, 0.2) is 0 Å². The number of carboxylic acid groups (broad SMARTS) is 1. The molecule has 0 saturated heterocycles. The van der Waals surface area contributed by atoms with Crippen LogP contribution in [0.3, 0.4) is 0 Å². The number of rotatable bonds is 2. The van der Waals surface area contributed by atoms with Crippen LogP contribution < -0.4 is 5.73 Å². The molecule has 14 heavy (non-hydrogen) atoms. The fourth-order valence-corrected chi connectivity index (χ4v) is 1.53. The molecule has 0 bridgehead atoms. The molecule has 0 fully saturated rings. The summed E-state index contributed by atoms with van der Waals surface area (Å²) in [5.41, 5.74) is 4.22. The Morgan fingerprint density at radius 3 is 2.57 bits per heavy atom. The second-order valence-corrected chi connectivity index (χ2v) is 4.41. The first-order chi connectivity index (χ1) is 6.35. The van der Waals surface area contributed by atoms with E-state index in [1.807, 2.05) is 22.6 Å². The lowest BCUT2D eigenvalue weighted by molar-refractivity contribution is -0.143. The Morgan fingerprint density at radius 2 is 2.14 bits per heavy atom. The zero-order valence-corrected chi connectivity index (χ0v) is 9.65. The smallest absolute Gasteiger partial charge is 0.328 e. The third-order valence-corrected chi connectivity index (χ3v) is 2.63. The maximum Gasteiger partial charge on any atom is 0.328 e. The Hall–Kier alpha value is -0.820. The van der Waals surface area contributed by atoms with Crippen LogP contribution >= 0.6 is 22.6 Å². The largest absolute Gasteiger partial charge is 0.508 e. The quantitative estimate of drug-likeness (QED) is 0.718. The molecule has 0 radical (unpaired) electrons. The Labute approximate surface area is 94.9 Å². The van der Waals surface area contributed by atoms with E-state index in [1.54, 1.807) is 6.07 Å². The molecule has 5 heteroatoms.